The number of rotatable bonds is 4. The summed E-state index contributed by atoms with van der Waals surface area (Å²) in [5.41, 5.74) is 5.92. The van der Waals surface area contributed by atoms with Crippen LogP contribution in [0.3, 0.4) is 0 Å². The van der Waals surface area contributed by atoms with Crippen LogP contribution in [0.4, 0.5) is 0 Å². The topological polar surface area (TPSA) is 97.7 Å². The molecule has 3 heterocycles. The third-order valence-corrected chi connectivity index (χ3v) is 5.04. The molecule has 0 spiro atoms. The van der Waals surface area contributed by atoms with Gasteiger partial charge < -0.3 is 8.82 Å². The molecule has 1 aromatic carbocycles. The van der Waals surface area contributed by atoms with Gasteiger partial charge in [-0.25, -0.2) is 4.98 Å². The van der Waals surface area contributed by atoms with Crippen LogP contribution in [0.1, 0.15) is 22.5 Å². The number of nitrogens with zero attached hydrogens (tertiary/aromatic N) is 3. The molecule has 0 saturated heterocycles. The van der Waals surface area contributed by atoms with Crippen molar-refractivity contribution in [3.8, 4) is 0 Å². The van der Waals surface area contributed by atoms with Crippen molar-refractivity contribution in [1.29, 1.82) is 0 Å². The molecule has 136 valence electrons. The van der Waals surface area contributed by atoms with Gasteiger partial charge in [0.1, 0.15) is 11.2 Å². The third-order valence-electron chi connectivity index (χ3n) is 4.42. The molecule has 9 heteroatoms. The molecule has 0 bridgehead atoms. The number of aromatic nitrogens is 3. The van der Waals surface area contributed by atoms with Crippen LogP contribution in [-0.4, -0.2) is 78.7 Å². The van der Waals surface area contributed by atoms with Gasteiger partial charge in [-0.1, -0.05) is 6.07 Å². The number of aryl methyl sites for hydroxylation is 4. The summed E-state index contributed by atoms with van der Waals surface area (Å²) in [5.74, 6) is 0. The first-order valence-corrected chi connectivity index (χ1v) is 9.56. The van der Waals surface area contributed by atoms with E-state index in [-0.39, 0.29) is 51.4 Å². The summed E-state index contributed by atoms with van der Waals surface area (Å²) in [5, 5.41) is -0.684. The van der Waals surface area contributed by atoms with E-state index in [2.05, 4.69) is 15.5 Å². The van der Waals surface area contributed by atoms with Crippen LogP contribution >= 0.6 is 0 Å². The Kier molecular flexibility index (Phi) is 5.92. The van der Waals surface area contributed by atoms with Gasteiger partial charge in [0, 0.05) is 11.9 Å². The summed E-state index contributed by atoms with van der Waals surface area (Å²) in [6, 6.07) is 9.40. The average Bonchev–Trinajstić information content (AvgIpc) is 3.13. The molecule has 3 aromatic heterocycles. The van der Waals surface area contributed by atoms with Crippen molar-refractivity contribution in [3.63, 3.8) is 0 Å². The quantitative estimate of drug-likeness (QED) is 0.409. The normalized spacial score (nSPS) is 11.8. The van der Waals surface area contributed by atoms with Crippen LogP contribution in [0, 0.1) is 13.8 Å². The summed E-state index contributed by atoms with van der Waals surface area (Å²) in [7, 11) is -4.45. The first-order chi connectivity index (χ1) is 12.3. The number of imidazole rings is 1. The Morgan fingerprint density at radius 1 is 1.11 bits per heavy atom. The molecule has 0 amide bonds. The molecular formula is C18H18KN3O4S. The van der Waals surface area contributed by atoms with Crippen LogP contribution < -0.4 is 0 Å². The van der Waals surface area contributed by atoms with Gasteiger partial charge in [0.15, 0.2) is 5.58 Å². The van der Waals surface area contributed by atoms with Crippen molar-refractivity contribution in [2.45, 2.75) is 31.9 Å². The molecule has 0 atom stereocenters. The molecule has 0 radical (unpaired) electrons. The van der Waals surface area contributed by atoms with E-state index >= 15 is 0 Å². The zero-order chi connectivity index (χ0) is 18.5. The van der Waals surface area contributed by atoms with Crippen molar-refractivity contribution < 1.29 is 17.4 Å². The van der Waals surface area contributed by atoms with Crippen LogP contribution in [0.15, 0.2) is 46.2 Å². The maximum atomic E-state index is 11.1. The molecule has 0 saturated carbocycles. The van der Waals surface area contributed by atoms with Gasteiger partial charge in [-0.3, -0.25) is 4.55 Å². The van der Waals surface area contributed by atoms with E-state index in [9.17, 15) is 8.42 Å². The van der Waals surface area contributed by atoms with E-state index < -0.39 is 15.3 Å². The van der Waals surface area contributed by atoms with Crippen LogP contribution in [0.25, 0.3) is 16.7 Å². The van der Waals surface area contributed by atoms with Gasteiger partial charge in [-0.15, -0.1) is 0 Å². The number of pyridine rings is 1. The standard InChI is InChI=1S/C18H17N3O4S.K.H/c1-11-7-8-21-12(2)14(19-17(21)9-11)5-3-13-4-6-15-16(10-13)25-18(20-15)26(22,23)24;;/h4,6-10H,3,5H2,1-2H3,(H,22,23,24);;. The van der Waals surface area contributed by atoms with Gasteiger partial charge in [0.2, 0.25) is 0 Å². The van der Waals surface area contributed by atoms with Crippen molar-refractivity contribution in [2.24, 2.45) is 0 Å². The number of hydrogen-bond donors (Lipinski definition) is 1. The summed E-state index contributed by atoms with van der Waals surface area (Å²) < 4.78 is 38.5. The number of hydrogen-bond acceptors (Lipinski definition) is 5. The van der Waals surface area contributed by atoms with E-state index in [1.807, 2.05) is 32.2 Å². The summed E-state index contributed by atoms with van der Waals surface area (Å²) in [6.07, 6.45) is 3.49. The molecule has 0 aliphatic carbocycles. The van der Waals surface area contributed by atoms with Crippen molar-refractivity contribution in [1.82, 2.24) is 14.4 Å². The van der Waals surface area contributed by atoms with Gasteiger partial charge in [-0.05, 0) is 62.1 Å². The van der Waals surface area contributed by atoms with Crippen molar-refractivity contribution in [2.75, 3.05) is 0 Å². The minimum atomic E-state index is -4.45. The Hall–Kier alpha value is -1.07. The zero-order valence-electron chi connectivity index (χ0n) is 14.3. The molecule has 0 aliphatic heterocycles. The fraction of sp³-hybridized carbons (Fsp3) is 0.222. The summed E-state index contributed by atoms with van der Waals surface area (Å²) in [6.45, 7) is 4.08. The van der Waals surface area contributed by atoms with E-state index in [4.69, 9.17) is 14.0 Å². The van der Waals surface area contributed by atoms with Crippen LogP contribution in [-0.2, 0) is 23.0 Å². The summed E-state index contributed by atoms with van der Waals surface area (Å²) in [4.78, 5) is 8.48. The first kappa shape index (κ1) is 20.7. The van der Waals surface area contributed by atoms with Gasteiger partial charge in [-0.2, -0.15) is 13.4 Å². The second kappa shape index (κ2) is 7.74. The Bertz CT molecular complexity index is 1240. The maximum absolute atomic E-state index is 11.1. The van der Waals surface area contributed by atoms with E-state index in [1.165, 1.54) is 5.56 Å². The van der Waals surface area contributed by atoms with E-state index in [1.54, 1.807) is 12.1 Å². The predicted octanol–water partition coefficient (Wildman–Crippen LogP) is 2.48. The van der Waals surface area contributed by atoms with Crippen LogP contribution in [0.2, 0.25) is 0 Å². The Balaban J connectivity index is 0.00000210. The monoisotopic (exact) mass is 411 g/mol. The molecule has 0 fully saturated rings. The van der Waals surface area contributed by atoms with Gasteiger partial charge >= 0.3 is 66.7 Å². The Labute approximate surface area is 199 Å². The molecule has 0 aliphatic rings. The SMILES string of the molecule is Cc1ccn2c(C)c(CCc3ccc4nc(S(=O)(=O)O)oc4c3)nc2c1.[KH]. The molecule has 4 rings (SSSR count). The molecule has 4 aromatic rings. The predicted molar refractivity (Wildman–Crippen MR) is 103 cm³/mol. The molecule has 27 heavy (non-hydrogen) atoms. The Morgan fingerprint density at radius 2 is 1.89 bits per heavy atom. The van der Waals surface area contributed by atoms with Crippen molar-refractivity contribution in [3.05, 3.63) is 59.0 Å². The number of fused-ring (bicyclic) bond motifs is 2. The minimum absolute atomic E-state index is 0. The second-order valence-electron chi connectivity index (χ2n) is 6.33. The number of benzene rings is 1. The van der Waals surface area contributed by atoms with E-state index in [0.29, 0.717) is 11.1 Å². The van der Waals surface area contributed by atoms with Crippen molar-refractivity contribution >= 4 is 78.2 Å². The number of oxazole rings is 1. The second-order valence-corrected chi connectivity index (χ2v) is 7.63. The fourth-order valence-electron chi connectivity index (χ4n) is 3.03. The van der Waals surface area contributed by atoms with Gasteiger partial charge in [0.05, 0.1) is 5.69 Å². The molecule has 7 nitrogen and oxygen atoms in total. The van der Waals surface area contributed by atoms with Crippen LogP contribution in [0.5, 0.6) is 0 Å². The summed E-state index contributed by atoms with van der Waals surface area (Å²) >= 11 is 0. The average molecular weight is 412 g/mol. The molecule has 0 unspecified atom stereocenters. The fourth-order valence-corrected chi connectivity index (χ4v) is 3.44. The third kappa shape index (κ3) is 4.19. The zero-order valence-corrected chi connectivity index (χ0v) is 15.1. The first-order valence-electron chi connectivity index (χ1n) is 8.12. The molecular weight excluding hydrogens is 393 g/mol. The molecule has 1 N–H and O–H groups in total. The Morgan fingerprint density at radius 3 is 2.63 bits per heavy atom. The van der Waals surface area contributed by atoms with Gasteiger partial charge in [0.25, 0.3) is 0 Å². The van der Waals surface area contributed by atoms with E-state index in [0.717, 1.165) is 35.4 Å².